The average molecular weight is 398 g/mol. The number of rotatable bonds is 6. The second-order valence-corrected chi connectivity index (χ2v) is 7.27. The second kappa shape index (κ2) is 7.59. The molecule has 3 aromatic carbocycles. The number of aromatic nitrogens is 2. The van der Waals surface area contributed by atoms with E-state index >= 15 is 0 Å². The van der Waals surface area contributed by atoms with Crippen molar-refractivity contribution in [3.05, 3.63) is 83.4 Å². The molecule has 0 radical (unpaired) electrons. The zero-order valence-electron chi connectivity index (χ0n) is 16.9. The first-order valence-corrected chi connectivity index (χ1v) is 9.86. The van der Waals surface area contributed by atoms with Crippen LogP contribution in [0.25, 0.3) is 22.5 Å². The molecule has 0 spiro atoms. The van der Waals surface area contributed by atoms with Gasteiger partial charge in [-0.05, 0) is 47.5 Å². The topological polar surface area (TPSA) is 56.4 Å². The predicted octanol–water partition coefficient (Wildman–Crippen LogP) is 5.24. The molecule has 150 valence electrons. The van der Waals surface area contributed by atoms with Crippen molar-refractivity contribution < 1.29 is 14.2 Å². The van der Waals surface area contributed by atoms with Crippen LogP contribution in [-0.2, 0) is 13.0 Å². The van der Waals surface area contributed by atoms with Crippen LogP contribution in [-0.4, -0.2) is 24.4 Å². The fourth-order valence-electron chi connectivity index (χ4n) is 3.94. The van der Waals surface area contributed by atoms with Gasteiger partial charge in [-0.15, -0.1) is 0 Å². The molecule has 0 saturated carbocycles. The maximum atomic E-state index is 5.90. The van der Waals surface area contributed by atoms with E-state index in [0.717, 1.165) is 51.7 Å². The van der Waals surface area contributed by atoms with Crippen LogP contribution in [0.5, 0.6) is 17.2 Å². The number of methoxy groups -OCH3 is 2. The summed E-state index contributed by atoms with van der Waals surface area (Å²) in [5.41, 5.74) is 7.74. The van der Waals surface area contributed by atoms with Crippen molar-refractivity contribution in [2.24, 2.45) is 0 Å². The molecule has 30 heavy (non-hydrogen) atoms. The van der Waals surface area contributed by atoms with Gasteiger partial charge in [0, 0.05) is 23.1 Å². The second-order valence-electron chi connectivity index (χ2n) is 7.27. The van der Waals surface area contributed by atoms with E-state index in [0.29, 0.717) is 6.61 Å². The van der Waals surface area contributed by atoms with Gasteiger partial charge in [0.05, 0.1) is 25.6 Å². The van der Waals surface area contributed by atoms with Crippen molar-refractivity contribution in [2.75, 3.05) is 14.2 Å². The Balaban J connectivity index is 1.38. The van der Waals surface area contributed by atoms with E-state index in [9.17, 15) is 0 Å². The van der Waals surface area contributed by atoms with Gasteiger partial charge in [0.25, 0.3) is 0 Å². The summed E-state index contributed by atoms with van der Waals surface area (Å²) < 4.78 is 16.8. The number of benzene rings is 3. The van der Waals surface area contributed by atoms with Crippen LogP contribution in [0.15, 0.2) is 66.7 Å². The van der Waals surface area contributed by atoms with Crippen molar-refractivity contribution >= 4 is 0 Å². The number of hydrogen-bond acceptors (Lipinski definition) is 4. The first-order chi connectivity index (χ1) is 14.8. The van der Waals surface area contributed by atoms with E-state index in [1.807, 2.05) is 42.5 Å². The Morgan fingerprint density at radius 1 is 0.900 bits per heavy atom. The van der Waals surface area contributed by atoms with Crippen LogP contribution in [0.1, 0.15) is 16.7 Å². The van der Waals surface area contributed by atoms with Gasteiger partial charge in [-0.25, -0.2) is 0 Å². The van der Waals surface area contributed by atoms with Crippen molar-refractivity contribution in [3.8, 4) is 39.8 Å². The quantitative estimate of drug-likeness (QED) is 0.425. The van der Waals surface area contributed by atoms with E-state index in [1.165, 1.54) is 11.1 Å². The Morgan fingerprint density at radius 2 is 1.63 bits per heavy atom. The van der Waals surface area contributed by atoms with Crippen LogP contribution in [0, 0.1) is 0 Å². The molecule has 0 saturated heterocycles. The molecule has 0 unspecified atom stereocenters. The van der Waals surface area contributed by atoms with Crippen LogP contribution < -0.4 is 14.2 Å². The number of ether oxygens (including phenoxy) is 3. The third-order valence-electron chi connectivity index (χ3n) is 5.49. The summed E-state index contributed by atoms with van der Waals surface area (Å²) in [6.07, 6.45) is 0.809. The Morgan fingerprint density at radius 3 is 2.37 bits per heavy atom. The normalized spacial score (nSPS) is 11.7. The molecule has 4 aromatic rings. The van der Waals surface area contributed by atoms with Gasteiger partial charge in [0.15, 0.2) is 11.5 Å². The molecule has 0 bridgehead atoms. The van der Waals surface area contributed by atoms with Gasteiger partial charge >= 0.3 is 0 Å². The summed E-state index contributed by atoms with van der Waals surface area (Å²) in [5.74, 6) is 2.31. The summed E-state index contributed by atoms with van der Waals surface area (Å²) in [6.45, 7) is 0.553. The predicted molar refractivity (Wildman–Crippen MR) is 116 cm³/mol. The summed E-state index contributed by atoms with van der Waals surface area (Å²) in [5, 5.41) is 7.80. The lowest BCUT2D eigenvalue weighted by Gasteiger charge is -2.10. The van der Waals surface area contributed by atoms with E-state index < -0.39 is 0 Å². The van der Waals surface area contributed by atoms with Gasteiger partial charge in [0.2, 0.25) is 0 Å². The molecule has 1 N–H and O–H groups in total. The molecule has 1 aliphatic carbocycles. The highest BCUT2D eigenvalue weighted by Gasteiger charge is 2.27. The van der Waals surface area contributed by atoms with E-state index in [2.05, 4.69) is 34.5 Å². The molecular formula is C25H22N2O3. The Labute approximate surface area is 175 Å². The lowest BCUT2D eigenvalue weighted by molar-refractivity contribution is 0.306. The van der Waals surface area contributed by atoms with E-state index in [1.54, 1.807) is 14.2 Å². The molecule has 0 fully saturated rings. The first kappa shape index (κ1) is 18.3. The van der Waals surface area contributed by atoms with Gasteiger partial charge < -0.3 is 14.2 Å². The smallest absolute Gasteiger partial charge is 0.161 e. The van der Waals surface area contributed by atoms with Crippen LogP contribution >= 0.6 is 0 Å². The van der Waals surface area contributed by atoms with Gasteiger partial charge in [-0.2, -0.15) is 5.10 Å². The third kappa shape index (κ3) is 3.18. The SMILES string of the molecule is COc1cc2c(cc1OC)-c1[nH]nc(-c3ccc(OCc4ccccc4)cc3)c1C2. The molecule has 5 nitrogen and oxygen atoms in total. The molecule has 1 aromatic heterocycles. The van der Waals surface area contributed by atoms with Gasteiger partial charge in [-0.3, -0.25) is 5.10 Å². The molecule has 0 amide bonds. The molecule has 0 atom stereocenters. The average Bonchev–Trinajstić information content (AvgIpc) is 3.36. The van der Waals surface area contributed by atoms with Gasteiger partial charge in [-0.1, -0.05) is 30.3 Å². The fourth-order valence-corrected chi connectivity index (χ4v) is 3.94. The number of H-pyrrole nitrogens is 1. The largest absolute Gasteiger partial charge is 0.493 e. The van der Waals surface area contributed by atoms with E-state index in [-0.39, 0.29) is 0 Å². The van der Waals surface area contributed by atoms with Gasteiger partial charge in [0.1, 0.15) is 12.4 Å². The van der Waals surface area contributed by atoms with Crippen LogP contribution in [0.3, 0.4) is 0 Å². The summed E-state index contributed by atoms with van der Waals surface area (Å²) in [6, 6.07) is 22.3. The zero-order chi connectivity index (χ0) is 20.5. The lowest BCUT2D eigenvalue weighted by Crippen LogP contribution is -1.95. The van der Waals surface area contributed by atoms with E-state index in [4.69, 9.17) is 14.2 Å². The third-order valence-corrected chi connectivity index (χ3v) is 5.49. The number of fused-ring (bicyclic) bond motifs is 3. The Kier molecular flexibility index (Phi) is 4.64. The molecule has 1 heterocycles. The number of aromatic amines is 1. The fraction of sp³-hybridized carbons (Fsp3) is 0.160. The number of nitrogens with one attached hydrogen (secondary N) is 1. The summed E-state index contributed by atoms with van der Waals surface area (Å²) in [7, 11) is 3.31. The zero-order valence-corrected chi connectivity index (χ0v) is 16.9. The highest BCUT2D eigenvalue weighted by Crippen LogP contribution is 2.44. The van der Waals surface area contributed by atoms with Crippen molar-refractivity contribution in [3.63, 3.8) is 0 Å². The molecular weight excluding hydrogens is 376 g/mol. The minimum absolute atomic E-state index is 0.553. The van der Waals surface area contributed by atoms with Crippen molar-refractivity contribution in [1.82, 2.24) is 10.2 Å². The van der Waals surface area contributed by atoms with Crippen LogP contribution in [0.4, 0.5) is 0 Å². The first-order valence-electron chi connectivity index (χ1n) is 9.86. The minimum atomic E-state index is 0.553. The standard InChI is InChI=1S/C25H22N2O3/c1-28-22-13-18-12-21-24(26-27-25(21)20(18)14-23(22)29-2)17-8-10-19(11-9-17)30-15-16-6-4-3-5-7-16/h3-11,13-14H,12,15H2,1-2H3,(H,26,27). The maximum absolute atomic E-state index is 5.90. The minimum Gasteiger partial charge on any atom is -0.493 e. The number of nitrogens with zero attached hydrogens (tertiary/aromatic N) is 1. The van der Waals surface area contributed by atoms with Crippen molar-refractivity contribution in [2.45, 2.75) is 13.0 Å². The molecule has 1 aliphatic rings. The number of hydrogen-bond donors (Lipinski definition) is 1. The highest BCUT2D eigenvalue weighted by molar-refractivity contribution is 5.82. The lowest BCUT2D eigenvalue weighted by atomic mass is 10.1. The summed E-state index contributed by atoms with van der Waals surface area (Å²) in [4.78, 5) is 0. The molecule has 0 aliphatic heterocycles. The molecule has 5 rings (SSSR count). The van der Waals surface area contributed by atoms with Crippen molar-refractivity contribution in [1.29, 1.82) is 0 Å². The Bertz CT molecular complexity index is 1180. The monoisotopic (exact) mass is 398 g/mol. The maximum Gasteiger partial charge on any atom is 0.161 e. The molecule has 5 heteroatoms. The summed E-state index contributed by atoms with van der Waals surface area (Å²) >= 11 is 0. The Hall–Kier alpha value is -3.73. The highest BCUT2D eigenvalue weighted by atomic mass is 16.5. The van der Waals surface area contributed by atoms with Crippen LogP contribution in [0.2, 0.25) is 0 Å².